The van der Waals surface area contributed by atoms with E-state index in [1.807, 2.05) is 0 Å². The summed E-state index contributed by atoms with van der Waals surface area (Å²) in [6.45, 7) is -0.843. The third-order valence-corrected chi connectivity index (χ3v) is 5.70. The summed E-state index contributed by atoms with van der Waals surface area (Å²) >= 11 is 1.39. The maximum Gasteiger partial charge on any atom is 0.326 e. The Hall–Kier alpha value is -3.36. The van der Waals surface area contributed by atoms with Crippen LogP contribution in [0.3, 0.4) is 0 Å². The van der Waals surface area contributed by atoms with Gasteiger partial charge in [-0.15, -0.1) is 0 Å². The van der Waals surface area contributed by atoms with E-state index in [1.54, 1.807) is 6.26 Å². The molecule has 4 atom stereocenters. The topological polar surface area (TPSA) is 228 Å². The highest BCUT2D eigenvalue weighted by atomic mass is 32.2. The molecule has 0 aliphatic rings. The maximum atomic E-state index is 13.0. The molecule has 0 spiro atoms. The first kappa shape index (κ1) is 30.7. The molecule has 13 nitrogen and oxygen atoms in total. The molecule has 0 aliphatic heterocycles. The van der Waals surface area contributed by atoms with Gasteiger partial charge in [0.05, 0.1) is 12.6 Å². The van der Waals surface area contributed by atoms with Crippen molar-refractivity contribution in [3.63, 3.8) is 0 Å². The number of aliphatic hydroxyl groups excluding tert-OH is 1. The molecule has 0 aromatic heterocycles. The number of nitrogens with one attached hydrogen (secondary N) is 3. The van der Waals surface area contributed by atoms with Gasteiger partial charge in [0.15, 0.2) is 0 Å². The number of aromatic hydroxyl groups is 1. The molecule has 200 valence electrons. The Bertz CT molecular complexity index is 913. The van der Waals surface area contributed by atoms with Gasteiger partial charge in [-0.1, -0.05) is 12.1 Å². The minimum absolute atomic E-state index is 0.0223. The summed E-state index contributed by atoms with van der Waals surface area (Å²) in [7, 11) is 0. The van der Waals surface area contributed by atoms with Crippen LogP contribution in [0.1, 0.15) is 24.8 Å². The van der Waals surface area contributed by atoms with Gasteiger partial charge in [0.25, 0.3) is 0 Å². The largest absolute Gasteiger partial charge is 0.508 e. The Kier molecular flexibility index (Phi) is 13.3. The highest BCUT2D eigenvalue weighted by Gasteiger charge is 2.30. The van der Waals surface area contributed by atoms with E-state index in [0.717, 1.165) is 0 Å². The second kappa shape index (κ2) is 15.6. The van der Waals surface area contributed by atoms with Crippen LogP contribution in [0, 0.1) is 0 Å². The number of phenolic OH excluding ortho intramolecular Hbond substituents is 1. The van der Waals surface area contributed by atoms with E-state index >= 15 is 0 Å². The average molecular weight is 529 g/mol. The van der Waals surface area contributed by atoms with Gasteiger partial charge in [0.1, 0.15) is 23.9 Å². The van der Waals surface area contributed by atoms with Gasteiger partial charge >= 0.3 is 11.9 Å². The van der Waals surface area contributed by atoms with Gasteiger partial charge in [0, 0.05) is 12.8 Å². The lowest BCUT2D eigenvalue weighted by Gasteiger charge is -2.24. The normalized spacial score (nSPS) is 14.1. The van der Waals surface area contributed by atoms with Crippen LogP contribution in [-0.2, 0) is 30.4 Å². The number of rotatable bonds is 16. The maximum absolute atomic E-state index is 13.0. The number of aliphatic carboxylic acids is 2. The van der Waals surface area contributed by atoms with Crippen molar-refractivity contribution in [3.05, 3.63) is 29.8 Å². The highest BCUT2D eigenvalue weighted by Crippen LogP contribution is 2.12. The van der Waals surface area contributed by atoms with Gasteiger partial charge in [-0.2, -0.15) is 11.8 Å². The number of benzene rings is 1. The number of amides is 3. The molecule has 0 bridgehead atoms. The molecule has 1 aromatic rings. The van der Waals surface area contributed by atoms with Gasteiger partial charge < -0.3 is 42.1 Å². The molecule has 1 rings (SSSR count). The predicted octanol–water partition coefficient (Wildman–Crippen LogP) is -1.59. The lowest BCUT2D eigenvalue weighted by atomic mass is 10.0. The van der Waals surface area contributed by atoms with E-state index in [4.69, 9.17) is 10.8 Å². The van der Waals surface area contributed by atoms with Crippen LogP contribution in [-0.4, -0.2) is 92.9 Å². The number of carboxylic acid groups (broad SMARTS) is 2. The number of carbonyl (C=O) groups is 5. The summed E-state index contributed by atoms with van der Waals surface area (Å²) in [5.41, 5.74) is 6.25. The summed E-state index contributed by atoms with van der Waals surface area (Å²) in [5, 5.41) is 44.2. The SMILES string of the molecule is CSCCC(NC(=O)C(CO)NC(=O)C(Cc1ccc(O)cc1)NC(=O)C(N)CCC(=O)O)C(=O)O. The van der Waals surface area contributed by atoms with Crippen molar-refractivity contribution < 1.29 is 44.4 Å². The van der Waals surface area contributed by atoms with Crippen molar-refractivity contribution in [2.75, 3.05) is 18.6 Å². The number of carboxylic acids is 2. The standard InChI is InChI=1S/C22H32N4O9S/c1-36-9-8-15(22(34)35)24-21(33)17(11-27)26-20(32)16(10-12-2-4-13(28)5-3-12)25-19(31)14(23)6-7-18(29)30/h2-5,14-17,27-28H,6-11,23H2,1H3,(H,24,33)(H,25,31)(H,26,32)(H,29,30)(H,34,35). The average Bonchev–Trinajstić information content (AvgIpc) is 2.83. The van der Waals surface area contributed by atoms with Gasteiger partial charge in [-0.05, 0) is 42.5 Å². The molecular formula is C22H32N4O9S. The Morgan fingerprint density at radius 3 is 1.97 bits per heavy atom. The zero-order chi connectivity index (χ0) is 27.3. The molecule has 0 fully saturated rings. The second-order valence-corrected chi connectivity index (χ2v) is 8.88. The monoisotopic (exact) mass is 528 g/mol. The summed E-state index contributed by atoms with van der Waals surface area (Å²) in [5.74, 6) is -4.58. The van der Waals surface area contributed by atoms with Gasteiger partial charge in [0.2, 0.25) is 17.7 Å². The third kappa shape index (κ3) is 10.9. The number of phenols is 1. The molecule has 36 heavy (non-hydrogen) atoms. The Labute approximate surface area is 211 Å². The third-order valence-electron chi connectivity index (χ3n) is 5.06. The molecule has 0 saturated heterocycles. The first-order chi connectivity index (χ1) is 17.0. The zero-order valence-corrected chi connectivity index (χ0v) is 20.5. The number of thioether (sulfide) groups is 1. The van der Waals surface area contributed by atoms with Crippen molar-refractivity contribution in [2.45, 2.75) is 49.9 Å². The highest BCUT2D eigenvalue weighted by molar-refractivity contribution is 7.98. The fourth-order valence-corrected chi connectivity index (χ4v) is 3.47. The number of aliphatic hydroxyl groups is 1. The van der Waals surface area contributed by atoms with Gasteiger partial charge in [-0.3, -0.25) is 19.2 Å². The summed E-state index contributed by atoms with van der Waals surface area (Å²) in [4.78, 5) is 60.2. The molecule has 0 aliphatic carbocycles. The van der Waals surface area contributed by atoms with Crippen LogP contribution < -0.4 is 21.7 Å². The lowest BCUT2D eigenvalue weighted by Crippen LogP contribution is -2.58. The first-order valence-corrected chi connectivity index (χ1v) is 12.4. The van der Waals surface area contributed by atoms with E-state index in [0.29, 0.717) is 11.3 Å². The fraction of sp³-hybridized carbons (Fsp3) is 0.500. The molecule has 0 radical (unpaired) electrons. The van der Waals surface area contributed by atoms with E-state index < -0.39 is 60.4 Å². The van der Waals surface area contributed by atoms with Crippen LogP contribution in [0.5, 0.6) is 5.75 Å². The summed E-state index contributed by atoms with van der Waals surface area (Å²) in [6, 6.07) is 0.512. The van der Waals surface area contributed by atoms with Crippen LogP contribution in [0.15, 0.2) is 24.3 Å². The fourth-order valence-electron chi connectivity index (χ4n) is 3.00. The zero-order valence-electron chi connectivity index (χ0n) is 19.7. The molecule has 1 aromatic carbocycles. The Morgan fingerprint density at radius 1 is 0.889 bits per heavy atom. The molecule has 3 amide bonds. The van der Waals surface area contributed by atoms with Crippen LogP contribution >= 0.6 is 11.8 Å². The Balaban J connectivity index is 2.99. The number of carbonyl (C=O) groups excluding carboxylic acids is 3. The summed E-state index contributed by atoms with van der Waals surface area (Å²) < 4.78 is 0. The smallest absolute Gasteiger partial charge is 0.326 e. The van der Waals surface area contributed by atoms with Crippen molar-refractivity contribution >= 4 is 41.4 Å². The second-order valence-electron chi connectivity index (χ2n) is 7.90. The van der Waals surface area contributed by atoms with Crippen molar-refractivity contribution in [1.29, 1.82) is 0 Å². The molecular weight excluding hydrogens is 496 g/mol. The Morgan fingerprint density at radius 2 is 1.44 bits per heavy atom. The first-order valence-electron chi connectivity index (χ1n) is 11.0. The summed E-state index contributed by atoms with van der Waals surface area (Å²) in [6.07, 6.45) is 1.27. The van der Waals surface area contributed by atoms with E-state index in [9.17, 15) is 39.3 Å². The minimum Gasteiger partial charge on any atom is -0.508 e. The van der Waals surface area contributed by atoms with Gasteiger partial charge in [-0.25, -0.2) is 4.79 Å². The van der Waals surface area contributed by atoms with Crippen molar-refractivity contribution in [2.24, 2.45) is 5.73 Å². The molecule has 9 N–H and O–H groups in total. The lowest BCUT2D eigenvalue weighted by molar-refractivity contribution is -0.142. The number of hydrogen-bond acceptors (Lipinski definition) is 9. The van der Waals surface area contributed by atoms with Crippen LogP contribution in [0.25, 0.3) is 0 Å². The van der Waals surface area contributed by atoms with Crippen molar-refractivity contribution in [3.8, 4) is 5.75 Å². The molecule has 14 heteroatoms. The minimum atomic E-state index is -1.51. The molecule has 0 heterocycles. The van der Waals surface area contributed by atoms with E-state index in [-0.39, 0.29) is 31.4 Å². The van der Waals surface area contributed by atoms with E-state index in [2.05, 4.69) is 16.0 Å². The van der Waals surface area contributed by atoms with Crippen molar-refractivity contribution in [1.82, 2.24) is 16.0 Å². The predicted molar refractivity (Wildman–Crippen MR) is 130 cm³/mol. The molecule has 0 saturated carbocycles. The molecule has 4 unspecified atom stereocenters. The van der Waals surface area contributed by atoms with E-state index in [1.165, 1.54) is 36.0 Å². The van der Waals surface area contributed by atoms with Crippen LogP contribution in [0.4, 0.5) is 0 Å². The quantitative estimate of drug-likeness (QED) is 0.122. The number of nitrogens with two attached hydrogens (primary N) is 1. The number of hydrogen-bond donors (Lipinski definition) is 8. The van der Waals surface area contributed by atoms with Crippen LogP contribution in [0.2, 0.25) is 0 Å².